The van der Waals surface area contributed by atoms with E-state index in [1.807, 2.05) is 36.4 Å². The first-order valence-corrected chi connectivity index (χ1v) is 16.5. The van der Waals surface area contributed by atoms with Crippen molar-refractivity contribution in [2.24, 2.45) is 0 Å². The zero-order valence-electron chi connectivity index (χ0n) is 28.8. The highest BCUT2D eigenvalue weighted by Gasteiger charge is 2.57. The van der Waals surface area contributed by atoms with Crippen LogP contribution in [0.5, 0.6) is 0 Å². The van der Waals surface area contributed by atoms with E-state index in [2.05, 4.69) is 91.3 Å². The molecule has 10 heteroatoms. The lowest BCUT2D eigenvalue weighted by atomic mass is 9.47. The van der Waals surface area contributed by atoms with Gasteiger partial charge >= 0.3 is 0 Å². The summed E-state index contributed by atoms with van der Waals surface area (Å²) in [6.07, 6.45) is 0. The number of carbonyl (C=O) groups is 4. The van der Waals surface area contributed by atoms with Crippen LogP contribution in [0.2, 0.25) is 0 Å². The molecule has 0 fully saturated rings. The van der Waals surface area contributed by atoms with Gasteiger partial charge in [-0.2, -0.15) is 0 Å². The Balaban J connectivity index is 1.48. The predicted molar refractivity (Wildman–Crippen MR) is 199 cm³/mol. The van der Waals surface area contributed by atoms with Gasteiger partial charge < -0.3 is 21.3 Å². The van der Waals surface area contributed by atoms with E-state index >= 15 is 0 Å². The largest absolute Gasteiger partial charge is 0.311 e. The predicted octanol–water partition coefficient (Wildman–Crippen LogP) is 5.71. The van der Waals surface area contributed by atoms with E-state index in [1.165, 1.54) is 27.7 Å². The van der Waals surface area contributed by atoms with E-state index in [-0.39, 0.29) is 46.9 Å². The third-order valence-electron chi connectivity index (χ3n) is 8.86. The molecule has 3 aromatic carbocycles. The summed E-state index contributed by atoms with van der Waals surface area (Å²) in [4.78, 5) is 56.5. The number of aromatic nitrogens is 2. The molecule has 2 heterocycles. The first kappa shape index (κ1) is 33.5. The third-order valence-corrected chi connectivity index (χ3v) is 8.86. The number of hydrogen-bond donors (Lipinski definition) is 4. The number of anilines is 4. The Morgan fingerprint density at radius 3 is 0.885 bits per heavy atom. The Hall–Kier alpha value is -7.04. The summed E-state index contributed by atoms with van der Waals surface area (Å²) in [5.41, 5.74) is 5.11. The van der Waals surface area contributed by atoms with E-state index < -0.39 is 10.8 Å². The fourth-order valence-electron chi connectivity index (χ4n) is 7.20. The molecule has 0 saturated carbocycles. The molecule has 2 aromatic heterocycles. The van der Waals surface area contributed by atoms with Gasteiger partial charge in [0.1, 0.15) is 34.1 Å². The molecule has 3 aliphatic rings. The average molecular weight is 685 g/mol. The molecule has 3 aliphatic carbocycles. The Kier molecular flexibility index (Phi) is 8.37. The second-order valence-electron chi connectivity index (χ2n) is 12.6. The molecule has 8 rings (SSSR count). The van der Waals surface area contributed by atoms with Gasteiger partial charge in [0.2, 0.25) is 23.6 Å². The highest BCUT2D eigenvalue weighted by Crippen LogP contribution is 2.61. The SMILES string of the molecule is CC(=O)Nc1cc(C#CC23c4ccccc4C(C#Cc4cc(NC(C)=O)nc(NC(C)=O)c4)(c4ccccc42)c2ccccc23)cc(NC(C)=O)n1. The van der Waals surface area contributed by atoms with Crippen LogP contribution in [0.1, 0.15) is 72.2 Å². The highest BCUT2D eigenvalue weighted by molar-refractivity contribution is 5.92. The van der Waals surface area contributed by atoms with Gasteiger partial charge in [-0.05, 0) is 57.6 Å². The minimum Gasteiger partial charge on any atom is -0.311 e. The molecule has 4 N–H and O–H groups in total. The van der Waals surface area contributed by atoms with Crippen molar-refractivity contribution in [2.75, 3.05) is 21.3 Å². The van der Waals surface area contributed by atoms with E-state index in [0.29, 0.717) is 11.1 Å². The third kappa shape index (κ3) is 5.82. The van der Waals surface area contributed by atoms with Crippen molar-refractivity contribution >= 4 is 46.9 Å². The van der Waals surface area contributed by atoms with Crippen LogP contribution < -0.4 is 21.3 Å². The van der Waals surface area contributed by atoms with Crippen LogP contribution in [0.15, 0.2) is 97.1 Å². The standard InChI is InChI=1S/C42H32N6O4/c1-25(49)43-37-21-29(22-38(47-37)44-26(2)50)17-19-41-31-11-5-8-14-34(31)42(35-15-9-6-12-32(35)41,36-16-10-7-13-33(36)41)20-18-30-23-39(45-27(3)51)48-40(24-30)46-28(4)52/h5-16,21-24H,1-4H3,(H2,43,44,47,49,50)(H2,45,46,48,51,52). The molecule has 0 spiro atoms. The Morgan fingerprint density at radius 1 is 0.442 bits per heavy atom. The molecule has 0 radical (unpaired) electrons. The normalized spacial score (nSPS) is 17.0. The zero-order valence-corrected chi connectivity index (χ0v) is 28.8. The maximum atomic E-state index is 11.9. The number of benzene rings is 3. The van der Waals surface area contributed by atoms with Crippen LogP contribution in [0, 0.1) is 23.7 Å². The minimum atomic E-state index is -0.910. The van der Waals surface area contributed by atoms with E-state index in [0.717, 1.165) is 33.4 Å². The van der Waals surface area contributed by atoms with Gasteiger partial charge in [0.25, 0.3) is 0 Å². The van der Waals surface area contributed by atoms with Gasteiger partial charge in [-0.25, -0.2) is 9.97 Å². The van der Waals surface area contributed by atoms with Crippen LogP contribution in [0.3, 0.4) is 0 Å². The number of carbonyl (C=O) groups excluding carboxylic acids is 4. The Morgan fingerprint density at radius 2 is 0.673 bits per heavy atom. The molecule has 0 atom stereocenters. The zero-order chi connectivity index (χ0) is 36.6. The van der Waals surface area contributed by atoms with Crippen LogP contribution in [-0.4, -0.2) is 33.6 Å². The summed E-state index contributed by atoms with van der Waals surface area (Å²) >= 11 is 0. The molecule has 2 bridgehead atoms. The van der Waals surface area contributed by atoms with Crippen LogP contribution in [0.4, 0.5) is 23.3 Å². The topological polar surface area (TPSA) is 142 Å². The van der Waals surface area contributed by atoms with Gasteiger partial charge in [0.15, 0.2) is 0 Å². The van der Waals surface area contributed by atoms with Crippen LogP contribution in [0.25, 0.3) is 0 Å². The quantitative estimate of drug-likeness (QED) is 0.179. The number of rotatable bonds is 4. The number of amides is 4. The Labute approximate surface area is 300 Å². The van der Waals surface area contributed by atoms with Gasteiger partial charge in [0, 0.05) is 38.8 Å². The average Bonchev–Trinajstić information content (AvgIpc) is 3.09. The minimum absolute atomic E-state index is 0.266. The summed E-state index contributed by atoms with van der Waals surface area (Å²) in [5.74, 6) is 14.0. The first-order chi connectivity index (χ1) is 25.0. The molecule has 0 unspecified atom stereocenters. The fraction of sp³-hybridized carbons (Fsp3) is 0.143. The van der Waals surface area contributed by atoms with Crippen LogP contribution >= 0.6 is 0 Å². The summed E-state index contributed by atoms with van der Waals surface area (Å²) < 4.78 is 0. The van der Waals surface area contributed by atoms with E-state index in [9.17, 15) is 19.2 Å². The van der Waals surface area contributed by atoms with Crippen molar-refractivity contribution < 1.29 is 19.2 Å². The molecule has 254 valence electrons. The van der Waals surface area contributed by atoms with Crippen molar-refractivity contribution in [3.63, 3.8) is 0 Å². The lowest BCUT2D eigenvalue weighted by Gasteiger charge is -2.52. The molecule has 10 nitrogen and oxygen atoms in total. The van der Waals surface area contributed by atoms with Gasteiger partial charge in [-0.15, -0.1) is 0 Å². The smallest absolute Gasteiger partial charge is 0.222 e. The first-order valence-electron chi connectivity index (χ1n) is 16.5. The number of hydrogen-bond acceptors (Lipinski definition) is 6. The van der Waals surface area contributed by atoms with E-state index in [4.69, 9.17) is 0 Å². The summed E-state index contributed by atoms with van der Waals surface area (Å²) in [6.45, 7) is 5.55. The van der Waals surface area contributed by atoms with E-state index in [1.54, 1.807) is 24.3 Å². The summed E-state index contributed by atoms with van der Waals surface area (Å²) in [5, 5.41) is 10.8. The molecule has 0 saturated heterocycles. The van der Waals surface area contributed by atoms with Crippen molar-refractivity contribution in [1.29, 1.82) is 0 Å². The number of pyridine rings is 2. The highest BCUT2D eigenvalue weighted by atomic mass is 16.2. The van der Waals surface area contributed by atoms with Crippen molar-refractivity contribution in [2.45, 2.75) is 38.5 Å². The van der Waals surface area contributed by atoms with Crippen LogP contribution in [-0.2, 0) is 30.0 Å². The fourth-order valence-corrected chi connectivity index (χ4v) is 7.20. The summed E-state index contributed by atoms with van der Waals surface area (Å²) in [7, 11) is 0. The maximum Gasteiger partial charge on any atom is 0.222 e. The van der Waals surface area contributed by atoms with Gasteiger partial charge in [0.05, 0.1) is 0 Å². The lowest BCUT2D eigenvalue weighted by molar-refractivity contribution is -0.115. The monoisotopic (exact) mass is 684 g/mol. The molecule has 4 amide bonds. The van der Waals surface area contributed by atoms with Crippen molar-refractivity contribution in [3.8, 4) is 23.7 Å². The summed E-state index contributed by atoms with van der Waals surface area (Å²) in [6, 6.07) is 31.2. The molecule has 0 aliphatic heterocycles. The van der Waals surface area contributed by atoms with Gasteiger partial charge in [-0.1, -0.05) is 96.5 Å². The Bertz CT molecular complexity index is 2120. The molecule has 52 heavy (non-hydrogen) atoms. The molecular weight excluding hydrogens is 652 g/mol. The van der Waals surface area contributed by atoms with Crippen molar-refractivity contribution in [1.82, 2.24) is 9.97 Å². The molecule has 5 aromatic rings. The lowest BCUT2D eigenvalue weighted by Crippen LogP contribution is -2.49. The molecular formula is C42H32N6O4. The number of nitrogens with zero attached hydrogens (tertiary/aromatic N) is 2. The second kappa shape index (κ2) is 13.0. The second-order valence-corrected chi connectivity index (χ2v) is 12.6. The van der Waals surface area contributed by atoms with Crippen molar-refractivity contribution in [3.05, 3.63) is 142 Å². The maximum absolute atomic E-state index is 11.9. The van der Waals surface area contributed by atoms with Gasteiger partial charge in [-0.3, -0.25) is 19.2 Å². The number of nitrogens with one attached hydrogen (secondary N) is 4.